The first kappa shape index (κ1) is 25.2. The lowest BCUT2D eigenvalue weighted by Crippen LogP contribution is -2.39. The van der Waals surface area contributed by atoms with Crippen LogP contribution in [0, 0.1) is 17.8 Å². The van der Waals surface area contributed by atoms with E-state index in [9.17, 15) is 14.7 Å². The van der Waals surface area contributed by atoms with E-state index in [1.165, 1.54) is 19.4 Å². The Morgan fingerprint density at radius 1 is 1.00 bits per heavy atom. The summed E-state index contributed by atoms with van der Waals surface area (Å²) in [6.07, 6.45) is 0.365. The third-order valence-corrected chi connectivity index (χ3v) is 5.32. The van der Waals surface area contributed by atoms with Crippen molar-refractivity contribution in [1.82, 2.24) is 4.98 Å². The first-order valence-electron chi connectivity index (χ1n) is 10.8. The maximum absolute atomic E-state index is 13.0. The Morgan fingerprint density at radius 2 is 1.66 bits per heavy atom. The van der Waals surface area contributed by atoms with Crippen LogP contribution in [0.15, 0.2) is 42.6 Å². The van der Waals surface area contributed by atoms with Gasteiger partial charge in [0, 0.05) is 18.7 Å². The number of methoxy groups -OCH3 is 1. The largest absolute Gasteiger partial charge is 0.503 e. The third kappa shape index (κ3) is 6.45. The highest BCUT2D eigenvalue weighted by molar-refractivity contribution is 5.99. The molecule has 0 saturated heterocycles. The van der Waals surface area contributed by atoms with Gasteiger partial charge in [-0.3, -0.25) is 9.59 Å². The zero-order valence-electron chi connectivity index (χ0n) is 19.6. The quantitative estimate of drug-likeness (QED) is 0.398. The monoisotopic (exact) mass is 443 g/mol. The number of para-hydroxylation sites is 1. The summed E-state index contributed by atoms with van der Waals surface area (Å²) in [4.78, 5) is 29.8. The van der Waals surface area contributed by atoms with Crippen LogP contribution in [-0.4, -0.2) is 41.2 Å². The average molecular weight is 444 g/mol. The fraction of sp³-hybridized carbons (Fsp3) is 0.480. The van der Waals surface area contributed by atoms with Crippen molar-refractivity contribution in [2.45, 2.75) is 53.2 Å². The van der Waals surface area contributed by atoms with Gasteiger partial charge in [0.05, 0.1) is 13.0 Å². The van der Waals surface area contributed by atoms with E-state index in [-0.39, 0.29) is 41.6 Å². The van der Waals surface area contributed by atoms with Crippen LogP contribution in [0.2, 0.25) is 0 Å². The van der Waals surface area contributed by atoms with E-state index in [0.717, 1.165) is 0 Å². The Morgan fingerprint density at radius 3 is 2.22 bits per heavy atom. The molecule has 0 radical (unpaired) electrons. The number of pyridine rings is 1. The lowest BCUT2D eigenvalue weighted by Gasteiger charge is -2.30. The molecule has 1 heterocycles. The molecule has 1 aromatic heterocycles. The number of hydrogen-bond donors (Lipinski definition) is 1. The number of esters is 1. The molecule has 7 nitrogen and oxygen atoms in total. The number of carbonyl (C=O) groups is 2. The van der Waals surface area contributed by atoms with Crippen molar-refractivity contribution in [3.05, 3.63) is 48.3 Å². The highest BCUT2D eigenvalue weighted by Gasteiger charge is 2.33. The van der Waals surface area contributed by atoms with Crippen LogP contribution >= 0.6 is 0 Å². The second-order valence-electron chi connectivity index (χ2n) is 8.47. The number of nitrogens with zero attached hydrogens (tertiary/aromatic N) is 1. The topological polar surface area (TPSA) is 95.0 Å². The molecule has 0 amide bonds. The summed E-state index contributed by atoms with van der Waals surface area (Å²) >= 11 is 0. The highest BCUT2D eigenvalue weighted by Crippen LogP contribution is 2.30. The predicted octanol–water partition coefficient (Wildman–Crippen LogP) is 4.68. The summed E-state index contributed by atoms with van der Waals surface area (Å²) in [5.74, 6) is -1.17. The number of rotatable bonds is 11. The summed E-state index contributed by atoms with van der Waals surface area (Å²) in [6, 6.07) is 10.8. The van der Waals surface area contributed by atoms with Crippen LogP contribution in [0.3, 0.4) is 0 Å². The van der Waals surface area contributed by atoms with Crippen molar-refractivity contribution in [3.8, 4) is 17.2 Å². The molecule has 2 aromatic rings. The molecule has 174 valence electrons. The summed E-state index contributed by atoms with van der Waals surface area (Å²) in [6.45, 7) is 9.49. The molecule has 0 fully saturated rings. The van der Waals surface area contributed by atoms with Gasteiger partial charge >= 0.3 is 5.97 Å². The number of aromatic nitrogens is 1. The second-order valence-corrected chi connectivity index (χ2v) is 8.47. The van der Waals surface area contributed by atoms with Crippen molar-refractivity contribution >= 4 is 11.8 Å². The first-order chi connectivity index (χ1) is 15.1. The number of ketones is 1. The molecule has 3 atom stereocenters. The molecule has 0 aliphatic heterocycles. The molecule has 0 saturated carbocycles. The Hall–Kier alpha value is -3.09. The van der Waals surface area contributed by atoms with Gasteiger partial charge in [-0.25, -0.2) is 4.98 Å². The van der Waals surface area contributed by atoms with E-state index < -0.39 is 23.8 Å². The summed E-state index contributed by atoms with van der Waals surface area (Å²) < 4.78 is 16.9. The molecule has 32 heavy (non-hydrogen) atoms. The zero-order chi connectivity index (χ0) is 23.8. The minimum absolute atomic E-state index is 0.0927. The highest BCUT2D eigenvalue weighted by atomic mass is 16.6. The molecule has 7 heteroatoms. The van der Waals surface area contributed by atoms with Crippen LogP contribution in [0.5, 0.6) is 17.2 Å². The molecule has 1 N–H and O–H groups in total. The van der Waals surface area contributed by atoms with Crippen LogP contribution in [0.25, 0.3) is 0 Å². The van der Waals surface area contributed by atoms with Crippen molar-refractivity contribution < 1.29 is 28.9 Å². The second kappa shape index (κ2) is 11.5. The normalized spacial score (nSPS) is 14.0. The van der Waals surface area contributed by atoms with Gasteiger partial charge in [-0.15, -0.1) is 0 Å². The standard InChI is InChI=1S/C25H33NO6/c1-15(2)19(14-20(27)22-23(28)21(30-6)12-13-26-22)25(29)31-17(5)24(16(3)4)32-18-10-8-7-9-11-18/h7-13,15-17,19,24,28H,14H2,1-6H3/t17-,19-,24+/m0/s1. The fourth-order valence-electron chi connectivity index (χ4n) is 3.46. The SMILES string of the molecule is COc1ccnc(C(=O)C[C@H](C(=O)O[C@@H](C)[C@H](Oc2ccccc2)C(C)C)C(C)C)c1O. The van der Waals surface area contributed by atoms with E-state index in [1.807, 2.05) is 58.0 Å². The van der Waals surface area contributed by atoms with Crippen molar-refractivity contribution in [1.29, 1.82) is 0 Å². The average Bonchev–Trinajstić information content (AvgIpc) is 2.75. The molecule has 0 spiro atoms. The number of carbonyl (C=O) groups excluding carboxylic acids is 2. The number of ether oxygens (including phenoxy) is 3. The Bertz CT molecular complexity index is 897. The number of benzene rings is 1. The van der Waals surface area contributed by atoms with Gasteiger partial charge in [0.15, 0.2) is 23.0 Å². The van der Waals surface area contributed by atoms with Gasteiger partial charge in [-0.2, -0.15) is 0 Å². The Kier molecular flexibility index (Phi) is 9.05. The van der Waals surface area contributed by atoms with E-state index >= 15 is 0 Å². The van der Waals surface area contributed by atoms with Gasteiger partial charge in [0.25, 0.3) is 0 Å². The van der Waals surface area contributed by atoms with Gasteiger partial charge < -0.3 is 19.3 Å². The molecule has 0 aliphatic rings. The van der Waals surface area contributed by atoms with Crippen molar-refractivity contribution in [2.75, 3.05) is 7.11 Å². The molecule has 2 rings (SSSR count). The van der Waals surface area contributed by atoms with Crippen LogP contribution in [-0.2, 0) is 9.53 Å². The maximum Gasteiger partial charge on any atom is 0.310 e. The minimum atomic E-state index is -0.693. The smallest absolute Gasteiger partial charge is 0.310 e. The molecule has 0 bridgehead atoms. The predicted molar refractivity (Wildman–Crippen MR) is 121 cm³/mol. The lowest BCUT2D eigenvalue weighted by atomic mass is 9.89. The van der Waals surface area contributed by atoms with Crippen LogP contribution in [0.4, 0.5) is 0 Å². The third-order valence-electron chi connectivity index (χ3n) is 5.32. The Labute approximate surface area is 189 Å². The van der Waals surface area contributed by atoms with Gasteiger partial charge in [-0.1, -0.05) is 45.9 Å². The number of aromatic hydroxyl groups is 1. The van der Waals surface area contributed by atoms with Crippen molar-refractivity contribution in [3.63, 3.8) is 0 Å². The number of Topliss-reactive ketones (excluding diaryl/α,β-unsaturated/α-hetero) is 1. The van der Waals surface area contributed by atoms with E-state index in [0.29, 0.717) is 5.75 Å². The number of hydrogen-bond acceptors (Lipinski definition) is 7. The lowest BCUT2D eigenvalue weighted by molar-refractivity contribution is -0.160. The summed E-state index contributed by atoms with van der Waals surface area (Å²) in [5, 5.41) is 10.2. The van der Waals surface area contributed by atoms with Gasteiger partial charge in [0.1, 0.15) is 18.0 Å². The molecule has 0 aliphatic carbocycles. The molecular formula is C25H33NO6. The fourth-order valence-corrected chi connectivity index (χ4v) is 3.46. The van der Waals surface area contributed by atoms with Gasteiger partial charge in [0.2, 0.25) is 0 Å². The van der Waals surface area contributed by atoms with Crippen LogP contribution in [0.1, 0.15) is 51.5 Å². The first-order valence-corrected chi connectivity index (χ1v) is 10.8. The molecular weight excluding hydrogens is 410 g/mol. The van der Waals surface area contributed by atoms with E-state index in [2.05, 4.69) is 4.98 Å². The Balaban J connectivity index is 2.12. The van der Waals surface area contributed by atoms with E-state index in [1.54, 1.807) is 6.92 Å². The minimum Gasteiger partial charge on any atom is -0.503 e. The maximum atomic E-state index is 13.0. The molecule has 0 unspecified atom stereocenters. The summed E-state index contributed by atoms with van der Waals surface area (Å²) in [7, 11) is 1.39. The van der Waals surface area contributed by atoms with Crippen molar-refractivity contribution in [2.24, 2.45) is 17.8 Å². The summed E-state index contributed by atoms with van der Waals surface area (Å²) in [5.41, 5.74) is -0.122. The van der Waals surface area contributed by atoms with Crippen LogP contribution < -0.4 is 9.47 Å². The zero-order valence-corrected chi connectivity index (χ0v) is 19.6. The van der Waals surface area contributed by atoms with Gasteiger partial charge in [-0.05, 0) is 30.9 Å². The molecule has 1 aromatic carbocycles. The van der Waals surface area contributed by atoms with E-state index in [4.69, 9.17) is 14.2 Å².